The standard InChI is InChI=1S/C19H23ClN2O/c1-4-15-5-11-18(12-6-15)22-19(23)14(3)21-13(2)16-7-9-17(20)10-8-16/h5-14,21H,4H2,1-3H3,(H,22,23)/p+1/t13-,14-/m0/s1. The average Bonchev–Trinajstić information content (AvgIpc) is 2.56. The molecule has 2 atom stereocenters. The molecule has 0 aliphatic heterocycles. The summed E-state index contributed by atoms with van der Waals surface area (Å²) in [4.78, 5) is 12.3. The average molecular weight is 332 g/mol. The molecule has 0 aliphatic rings. The molecule has 122 valence electrons. The summed E-state index contributed by atoms with van der Waals surface area (Å²) in [5.74, 6) is 0.00932. The summed E-state index contributed by atoms with van der Waals surface area (Å²) in [5, 5.41) is 5.75. The molecule has 23 heavy (non-hydrogen) atoms. The maximum atomic E-state index is 12.3. The van der Waals surface area contributed by atoms with Gasteiger partial charge in [-0.15, -0.1) is 0 Å². The van der Waals surface area contributed by atoms with Gasteiger partial charge in [-0.1, -0.05) is 42.8 Å². The van der Waals surface area contributed by atoms with E-state index in [-0.39, 0.29) is 18.0 Å². The molecule has 1 amide bonds. The molecule has 0 heterocycles. The van der Waals surface area contributed by atoms with Crippen molar-refractivity contribution in [2.24, 2.45) is 0 Å². The lowest BCUT2D eigenvalue weighted by atomic mass is 10.1. The Morgan fingerprint density at radius 1 is 1.09 bits per heavy atom. The van der Waals surface area contributed by atoms with E-state index in [4.69, 9.17) is 11.6 Å². The fourth-order valence-corrected chi connectivity index (χ4v) is 2.60. The lowest BCUT2D eigenvalue weighted by molar-refractivity contribution is -0.709. The molecule has 0 saturated heterocycles. The van der Waals surface area contributed by atoms with Gasteiger partial charge in [-0.2, -0.15) is 0 Å². The van der Waals surface area contributed by atoms with Gasteiger partial charge in [0.05, 0.1) is 0 Å². The summed E-state index contributed by atoms with van der Waals surface area (Å²) in [6, 6.07) is 15.7. The highest BCUT2D eigenvalue weighted by Gasteiger charge is 2.20. The molecule has 2 aromatic carbocycles. The van der Waals surface area contributed by atoms with Gasteiger partial charge in [0.15, 0.2) is 6.04 Å². The van der Waals surface area contributed by atoms with E-state index < -0.39 is 0 Å². The monoisotopic (exact) mass is 331 g/mol. The number of rotatable bonds is 6. The number of nitrogens with one attached hydrogen (secondary N) is 1. The Bertz CT molecular complexity index is 637. The number of benzene rings is 2. The number of amides is 1. The molecule has 0 unspecified atom stereocenters. The summed E-state index contributed by atoms with van der Waals surface area (Å²) in [6.07, 6.45) is 0.997. The minimum absolute atomic E-state index is 0.00932. The lowest BCUT2D eigenvalue weighted by Gasteiger charge is -2.17. The van der Waals surface area contributed by atoms with Gasteiger partial charge in [0.25, 0.3) is 5.91 Å². The summed E-state index contributed by atoms with van der Waals surface area (Å²) in [6.45, 7) is 6.12. The number of anilines is 1. The lowest BCUT2D eigenvalue weighted by Crippen LogP contribution is -2.91. The second-order valence-corrected chi connectivity index (χ2v) is 6.30. The molecule has 0 spiro atoms. The maximum absolute atomic E-state index is 12.3. The number of carbonyl (C=O) groups is 1. The molecule has 0 fully saturated rings. The van der Waals surface area contributed by atoms with Crippen molar-refractivity contribution in [1.29, 1.82) is 0 Å². The molecule has 3 nitrogen and oxygen atoms in total. The second kappa shape index (κ2) is 8.14. The largest absolute Gasteiger partial charge is 0.330 e. The topological polar surface area (TPSA) is 45.7 Å². The first-order valence-corrected chi connectivity index (χ1v) is 8.37. The molecule has 4 heteroatoms. The zero-order valence-electron chi connectivity index (χ0n) is 13.8. The predicted octanol–water partition coefficient (Wildman–Crippen LogP) is 3.55. The molecule has 0 aliphatic carbocycles. The van der Waals surface area contributed by atoms with Gasteiger partial charge in [-0.3, -0.25) is 4.79 Å². The van der Waals surface area contributed by atoms with Crippen LogP contribution in [0.5, 0.6) is 0 Å². The van der Waals surface area contributed by atoms with Crippen LogP contribution in [-0.2, 0) is 11.2 Å². The molecule has 3 N–H and O–H groups in total. The number of aryl methyl sites for hydroxylation is 1. The van der Waals surface area contributed by atoms with Crippen LogP contribution in [0.4, 0.5) is 5.69 Å². The Labute approximate surface area is 143 Å². The first-order valence-electron chi connectivity index (χ1n) is 8.00. The SMILES string of the molecule is CCc1ccc(NC(=O)[C@H](C)[NH2+][C@@H](C)c2ccc(Cl)cc2)cc1. The zero-order valence-corrected chi connectivity index (χ0v) is 14.6. The first-order chi connectivity index (χ1) is 11.0. The molecule has 2 rings (SSSR count). The Hall–Kier alpha value is -1.84. The minimum atomic E-state index is -0.175. The quantitative estimate of drug-likeness (QED) is 0.835. The van der Waals surface area contributed by atoms with Gasteiger partial charge in [-0.05, 0) is 50.1 Å². The molecular weight excluding hydrogens is 308 g/mol. The summed E-state index contributed by atoms with van der Waals surface area (Å²) in [7, 11) is 0. The van der Waals surface area contributed by atoms with Crippen molar-refractivity contribution in [3.63, 3.8) is 0 Å². The van der Waals surface area contributed by atoms with E-state index in [9.17, 15) is 4.79 Å². The van der Waals surface area contributed by atoms with Crippen molar-refractivity contribution in [3.8, 4) is 0 Å². The highest BCUT2D eigenvalue weighted by atomic mass is 35.5. The van der Waals surface area contributed by atoms with Crippen molar-refractivity contribution in [2.45, 2.75) is 39.3 Å². The summed E-state index contributed by atoms with van der Waals surface area (Å²) in [5.41, 5.74) is 3.26. The third-order valence-electron chi connectivity index (χ3n) is 4.02. The van der Waals surface area contributed by atoms with Crippen LogP contribution >= 0.6 is 11.6 Å². The van der Waals surface area contributed by atoms with Crippen LogP contribution in [0, 0.1) is 0 Å². The van der Waals surface area contributed by atoms with Crippen molar-refractivity contribution in [3.05, 3.63) is 64.7 Å². The Kier molecular flexibility index (Phi) is 6.20. The van der Waals surface area contributed by atoms with E-state index in [1.54, 1.807) is 0 Å². The highest BCUT2D eigenvalue weighted by molar-refractivity contribution is 6.30. The van der Waals surface area contributed by atoms with Gasteiger partial charge < -0.3 is 10.6 Å². The van der Waals surface area contributed by atoms with Crippen molar-refractivity contribution in [2.75, 3.05) is 5.32 Å². The Morgan fingerprint density at radius 2 is 1.70 bits per heavy atom. The minimum Gasteiger partial charge on any atom is -0.330 e. The highest BCUT2D eigenvalue weighted by Crippen LogP contribution is 2.14. The van der Waals surface area contributed by atoms with Gasteiger partial charge in [0, 0.05) is 16.3 Å². The van der Waals surface area contributed by atoms with Crippen LogP contribution in [0.15, 0.2) is 48.5 Å². The van der Waals surface area contributed by atoms with Gasteiger partial charge >= 0.3 is 0 Å². The number of nitrogens with two attached hydrogens (primary N) is 1. The smallest absolute Gasteiger partial charge is 0.282 e. The van der Waals surface area contributed by atoms with E-state index >= 15 is 0 Å². The van der Waals surface area contributed by atoms with E-state index in [2.05, 4.69) is 24.5 Å². The van der Waals surface area contributed by atoms with Crippen molar-refractivity contribution in [1.82, 2.24) is 0 Å². The normalized spacial score (nSPS) is 13.4. The molecule has 0 radical (unpaired) electrons. The van der Waals surface area contributed by atoms with Crippen LogP contribution in [0.25, 0.3) is 0 Å². The number of quaternary nitrogens is 1. The number of hydrogen-bond donors (Lipinski definition) is 2. The van der Waals surface area contributed by atoms with Crippen molar-refractivity contribution < 1.29 is 10.1 Å². The van der Waals surface area contributed by atoms with Gasteiger partial charge in [-0.25, -0.2) is 0 Å². The Morgan fingerprint density at radius 3 is 2.26 bits per heavy atom. The van der Waals surface area contributed by atoms with Gasteiger partial charge in [0.2, 0.25) is 0 Å². The van der Waals surface area contributed by atoms with E-state index in [1.807, 2.05) is 55.5 Å². The fourth-order valence-electron chi connectivity index (χ4n) is 2.48. The maximum Gasteiger partial charge on any atom is 0.282 e. The summed E-state index contributed by atoms with van der Waals surface area (Å²) < 4.78 is 0. The predicted molar refractivity (Wildman–Crippen MR) is 95.7 cm³/mol. The molecular formula is C19H24ClN2O+. The van der Waals surface area contributed by atoms with Crippen LogP contribution in [0.3, 0.4) is 0 Å². The van der Waals surface area contributed by atoms with Crippen LogP contribution in [0.2, 0.25) is 5.02 Å². The Balaban J connectivity index is 1.92. The van der Waals surface area contributed by atoms with E-state index in [1.165, 1.54) is 5.56 Å². The van der Waals surface area contributed by atoms with Crippen LogP contribution in [0.1, 0.15) is 37.9 Å². The number of halogens is 1. The first kappa shape index (κ1) is 17.5. The fraction of sp³-hybridized carbons (Fsp3) is 0.316. The summed E-state index contributed by atoms with van der Waals surface area (Å²) >= 11 is 5.91. The molecule has 0 bridgehead atoms. The van der Waals surface area contributed by atoms with Gasteiger partial charge in [0.1, 0.15) is 6.04 Å². The zero-order chi connectivity index (χ0) is 16.8. The third-order valence-corrected chi connectivity index (χ3v) is 4.27. The number of hydrogen-bond acceptors (Lipinski definition) is 1. The number of carbonyl (C=O) groups excluding carboxylic acids is 1. The molecule has 0 aromatic heterocycles. The molecule has 2 aromatic rings. The van der Waals surface area contributed by atoms with E-state index in [0.29, 0.717) is 0 Å². The van der Waals surface area contributed by atoms with E-state index in [0.717, 1.165) is 22.7 Å². The van der Waals surface area contributed by atoms with Crippen LogP contribution < -0.4 is 10.6 Å². The molecule has 0 saturated carbocycles. The van der Waals surface area contributed by atoms with Crippen LogP contribution in [-0.4, -0.2) is 11.9 Å². The third kappa shape index (κ3) is 5.08. The van der Waals surface area contributed by atoms with Crippen molar-refractivity contribution >= 4 is 23.2 Å². The second-order valence-electron chi connectivity index (χ2n) is 5.86.